The maximum Gasteiger partial charge on any atom is 0.416 e. The minimum atomic E-state index is -4.38. The third-order valence-corrected chi connectivity index (χ3v) is 6.28. The molecule has 2 nitrogen and oxygen atoms in total. The van der Waals surface area contributed by atoms with E-state index in [2.05, 4.69) is 17.0 Å². The van der Waals surface area contributed by atoms with Crippen molar-refractivity contribution in [1.82, 2.24) is 4.90 Å². The topological polar surface area (TPSA) is 20.3 Å². The van der Waals surface area contributed by atoms with Crippen LogP contribution in [0.2, 0.25) is 0 Å². The van der Waals surface area contributed by atoms with Gasteiger partial charge in [-0.25, -0.2) is 0 Å². The van der Waals surface area contributed by atoms with Crippen LogP contribution in [0, 0.1) is 12.8 Å². The Morgan fingerprint density at radius 2 is 1.68 bits per heavy atom. The molecule has 0 aliphatic carbocycles. The molecule has 28 heavy (non-hydrogen) atoms. The summed E-state index contributed by atoms with van der Waals surface area (Å²) in [7, 11) is 0. The Balaban J connectivity index is 1.47. The van der Waals surface area contributed by atoms with E-state index in [0.717, 1.165) is 38.3 Å². The molecule has 0 radical (unpaired) electrons. The predicted octanol–water partition coefficient (Wildman–Crippen LogP) is 5.64. The zero-order chi connectivity index (χ0) is 19.9. The molecule has 2 fully saturated rings. The van der Waals surface area contributed by atoms with E-state index in [1.54, 1.807) is 0 Å². The van der Waals surface area contributed by atoms with Gasteiger partial charge in [-0.05, 0) is 55.9 Å². The predicted molar refractivity (Wildman–Crippen MR) is 102 cm³/mol. The van der Waals surface area contributed by atoms with E-state index in [9.17, 15) is 18.0 Å². The standard InChI is InChI=1S/C23H24F3NO/c1-15-11-17(7-10-21(15)23(24,25)26)22(28)18-12-19-8-9-20(13-18)27(19)14-16-5-3-2-4-6-16/h2-7,10-11,18-20H,8-9,12-14H2,1H3. The molecule has 0 N–H and O–H groups in total. The number of halogens is 3. The Hall–Kier alpha value is -2.14. The second-order valence-corrected chi connectivity index (χ2v) is 8.10. The summed E-state index contributed by atoms with van der Waals surface area (Å²) in [4.78, 5) is 15.5. The third-order valence-electron chi connectivity index (χ3n) is 6.28. The van der Waals surface area contributed by atoms with Crippen molar-refractivity contribution in [2.75, 3.05) is 0 Å². The maximum atomic E-state index is 13.0. The van der Waals surface area contributed by atoms with Gasteiger partial charge >= 0.3 is 6.18 Å². The largest absolute Gasteiger partial charge is 0.416 e. The highest BCUT2D eigenvalue weighted by molar-refractivity contribution is 5.98. The van der Waals surface area contributed by atoms with Crippen LogP contribution < -0.4 is 0 Å². The summed E-state index contributed by atoms with van der Waals surface area (Å²) in [6.07, 6.45) is -0.612. The SMILES string of the molecule is Cc1cc(C(=O)C2CC3CCC(C2)N3Cc2ccccc2)ccc1C(F)(F)F. The number of piperidine rings is 1. The second kappa shape index (κ2) is 7.36. The van der Waals surface area contributed by atoms with Gasteiger partial charge in [0.1, 0.15) is 0 Å². The average Bonchev–Trinajstić information content (AvgIpc) is 2.88. The Morgan fingerprint density at radius 3 is 2.25 bits per heavy atom. The van der Waals surface area contributed by atoms with Gasteiger partial charge in [0.15, 0.2) is 5.78 Å². The molecule has 2 aromatic rings. The van der Waals surface area contributed by atoms with Gasteiger partial charge in [-0.2, -0.15) is 13.2 Å². The van der Waals surface area contributed by atoms with Gasteiger partial charge in [-0.3, -0.25) is 9.69 Å². The van der Waals surface area contributed by atoms with Crippen LogP contribution >= 0.6 is 0 Å². The number of carbonyl (C=O) groups is 1. The van der Waals surface area contributed by atoms with Gasteiger partial charge in [-0.1, -0.05) is 36.4 Å². The van der Waals surface area contributed by atoms with Crippen molar-refractivity contribution >= 4 is 5.78 Å². The van der Waals surface area contributed by atoms with Crippen LogP contribution in [0.25, 0.3) is 0 Å². The van der Waals surface area contributed by atoms with E-state index in [4.69, 9.17) is 0 Å². The van der Waals surface area contributed by atoms with Crippen LogP contribution in [0.4, 0.5) is 13.2 Å². The van der Waals surface area contributed by atoms with Crippen molar-refractivity contribution < 1.29 is 18.0 Å². The van der Waals surface area contributed by atoms with Gasteiger partial charge in [0.05, 0.1) is 5.56 Å². The number of ketones is 1. The Labute approximate surface area is 163 Å². The minimum absolute atomic E-state index is 0.00640. The highest BCUT2D eigenvalue weighted by Crippen LogP contribution is 2.41. The molecule has 0 spiro atoms. The Morgan fingerprint density at radius 1 is 1.04 bits per heavy atom. The summed E-state index contributed by atoms with van der Waals surface area (Å²) < 4.78 is 38.9. The Bertz CT molecular complexity index is 848. The van der Waals surface area contributed by atoms with E-state index in [1.165, 1.54) is 24.6 Å². The summed E-state index contributed by atoms with van der Waals surface area (Å²) in [6.45, 7) is 2.32. The van der Waals surface area contributed by atoms with Crippen LogP contribution in [0.5, 0.6) is 0 Å². The fourth-order valence-corrected chi connectivity index (χ4v) is 4.91. The first-order valence-electron chi connectivity index (χ1n) is 9.84. The first-order valence-corrected chi connectivity index (χ1v) is 9.84. The molecule has 4 rings (SSSR count). The fourth-order valence-electron chi connectivity index (χ4n) is 4.91. The van der Waals surface area contributed by atoms with E-state index >= 15 is 0 Å². The summed E-state index contributed by atoms with van der Waals surface area (Å²) in [5.74, 6) is -0.103. The van der Waals surface area contributed by atoms with Gasteiger partial charge < -0.3 is 0 Å². The van der Waals surface area contributed by atoms with Crippen molar-refractivity contribution in [2.45, 2.75) is 57.4 Å². The zero-order valence-electron chi connectivity index (χ0n) is 15.9. The molecule has 2 unspecified atom stereocenters. The maximum absolute atomic E-state index is 13.0. The number of benzene rings is 2. The molecular weight excluding hydrogens is 363 g/mol. The first-order chi connectivity index (χ1) is 13.3. The van der Waals surface area contributed by atoms with E-state index in [-0.39, 0.29) is 17.3 Å². The van der Waals surface area contributed by atoms with Crippen LogP contribution in [0.15, 0.2) is 48.5 Å². The number of carbonyl (C=O) groups excluding carboxylic acids is 1. The molecule has 2 saturated heterocycles. The van der Waals surface area contributed by atoms with Gasteiger partial charge in [0.25, 0.3) is 0 Å². The number of aryl methyl sites for hydroxylation is 1. The molecule has 2 heterocycles. The Kier molecular flexibility index (Phi) is 5.04. The van der Waals surface area contributed by atoms with Crippen LogP contribution in [0.3, 0.4) is 0 Å². The first kappa shape index (κ1) is 19.2. The molecule has 5 heteroatoms. The smallest absolute Gasteiger partial charge is 0.294 e. The van der Waals surface area contributed by atoms with Crippen molar-refractivity contribution in [3.63, 3.8) is 0 Å². The fraction of sp³-hybridized carbons (Fsp3) is 0.435. The van der Waals surface area contributed by atoms with Crippen molar-refractivity contribution in [3.05, 3.63) is 70.8 Å². The molecule has 2 atom stereocenters. The van der Waals surface area contributed by atoms with Crippen molar-refractivity contribution in [1.29, 1.82) is 0 Å². The molecule has 2 bridgehead atoms. The molecule has 2 aliphatic rings. The molecule has 0 saturated carbocycles. The molecule has 2 aromatic carbocycles. The highest BCUT2D eigenvalue weighted by Gasteiger charge is 2.43. The van der Waals surface area contributed by atoms with E-state index in [0.29, 0.717) is 17.6 Å². The quantitative estimate of drug-likeness (QED) is 0.633. The number of rotatable bonds is 4. The molecular formula is C23H24F3NO. The van der Waals surface area contributed by atoms with Gasteiger partial charge in [-0.15, -0.1) is 0 Å². The summed E-state index contributed by atoms with van der Waals surface area (Å²) in [5, 5.41) is 0. The van der Waals surface area contributed by atoms with E-state index in [1.807, 2.05) is 18.2 Å². The highest BCUT2D eigenvalue weighted by atomic mass is 19.4. The number of Topliss-reactive ketones (excluding diaryl/α,β-unsaturated/α-hetero) is 1. The number of hydrogen-bond donors (Lipinski definition) is 0. The lowest BCUT2D eigenvalue weighted by molar-refractivity contribution is -0.138. The normalized spacial score (nSPS) is 25.1. The minimum Gasteiger partial charge on any atom is -0.294 e. The third kappa shape index (κ3) is 3.72. The van der Waals surface area contributed by atoms with Gasteiger partial charge in [0.2, 0.25) is 0 Å². The average molecular weight is 387 g/mol. The van der Waals surface area contributed by atoms with E-state index < -0.39 is 11.7 Å². The van der Waals surface area contributed by atoms with Crippen LogP contribution in [0.1, 0.15) is 52.7 Å². The van der Waals surface area contributed by atoms with Crippen molar-refractivity contribution in [3.8, 4) is 0 Å². The zero-order valence-corrected chi connectivity index (χ0v) is 15.9. The lowest BCUT2D eigenvalue weighted by atomic mass is 9.84. The molecule has 0 aromatic heterocycles. The number of fused-ring (bicyclic) bond motifs is 2. The lowest BCUT2D eigenvalue weighted by Crippen LogP contribution is -2.44. The molecule has 0 amide bonds. The lowest BCUT2D eigenvalue weighted by Gasteiger charge is -2.38. The summed E-state index contributed by atoms with van der Waals surface area (Å²) in [6, 6.07) is 14.9. The molecule has 148 valence electrons. The second-order valence-electron chi connectivity index (χ2n) is 8.10. The molecule has 2 aliphatic heterocycles. The number of alkyl halides is 3. The summed E-state index contributed by atoms with van der Waals surface area (Å²) in [5.41, 5.74) is 1.14. The summed E-state index contributed by atoms with van der Waals surface area (Å²) >= 11 is 0. The van der Waals surface area contributed by atoms with Crippen LogP contribution in [-0.4, -0.2) is 22.8 Å². The van der Waals surface area contributed by atoms with Crippen molar-refractivity contribution in [2.24, 2.45) is 5.92 Å². The van der Waals surface area contributed by atoms with Gasteiger partial charge in [0, 0.05) is 30.1 Å². The monoisotopic (exact) mass is 387 g/mol. The van der Waals surface area contributed by atoms with Crippen LogP contribution in [-0.2, 0) is 12.7 Å². The number of nitrogens with zero attached hydrogens (tertiary/aromatic N) is 1. The number of hydrogen-bond acceptors (Lipinski definition) is 2.